The van der Waals surface area contributed by atoms with Gasteiger partial charge in [0.2, 0.25) is 5.91 Å². The van der Waals surface area contributed by atoms with Crippen LogP contribution in [0, 0.1) is 5.92 Å². The average molecular weight is 326 g/mol. The molecule has 3 rings (SSSR count). The first kappa shape index (κ1) is 16.2. The van der Waals surface area contributed by atoms with Gasteiger partial charge in [-0.05, 0) is 48.9 Å². The monoisotopic (exact) mass is 326 g/mol. The fraction of sp³-hybridized carbons (Fsp3) is 0.389. The van der Waals surface area contributed by atoms with Crippen LogP contribution >= 0.6 is 0 Å². The molecule has 6 heteroatoms. The maximum atomic E-state index is 12.5. The van der Waals surface area contributed by atoms with E-state index in [1.54, 1.807) is 36.1 Å². The Balaban J connectivity index is 1.54. The molecule has 0 atom stereocenters. The van der Waals surface area contributed by atoms with E-state index in [0.717, 1.165) is 32.4 Å². The normalized spacial score (nSPS) is 15.5. The number of amides is 2. The van der Waals surface area contributed by atoms with Crippen molar-refractivity contribution in [1.82, 2.24) is 14.7 Å². The maximum absolute atomic E-state index is 12.5. The highest BCUT2D eigenvalue weighted by Gasteiger charge is 2.25. The lowest BCUT2D eigenvalue weighted by atomic mass is 9.90. The zero-order chi connectivity index (χ0) is 17.1. The summed E-state index contributed by atoms with van der Waals surface area (Å²) in [6.07, 6.45) is 4.59. The lowest BCUT2D eigenvalue weighted by Gasteiger charge is -2.32. The number of nitrogens with two attached hydrogens (primary N) is 1. The first-order valence-corrected chi connectivity index (χ1v) is 8.20. The number of likely N-dealkylation sites (tertiary alicyclic amines) is 1. The first-order valence-electron chi connectivity index (χ1n) is 8.20. The minimum Gasteiger partial charge on any atom is -0.366 e. The molecule has 1 aliphatic rings. The molecule has 0 bridgehead atoms. The predicted octanol–water partition coefficient (Wildman–Crippen LogP) is 1.61. The van der Waals surface area contributed by atoms with Crippen molar-refractivity contribution >= 4 is 11.8 Å². The van der Waals surface area contributed by atoms with Crippen molar-refractivity contribution in [2.24, 2.45) is 18.7 Å². The molecule has 0 radical (unpaired) electrons. The minimum absolute atomic E-state index is 0.0549. The van der Waals surface area contributed by atoms with Crippen LogP contribution in [0.1, 0.15) is 39.3 Å². The van der Waals surface area contributed by atoms with Gasteiger partial charge in [0.05, 0.1) is 0 Å². The van der Waals surface area contributed by atoms with Gasteiger partial charge in [0.15, 0.2) is 0 Å². The fourth-order valence-corrected chi connectivity index (χ4v) is 3.22. The predicted molar refractivity (Wildman–Crippen MR) is 90.5 cm³/mol. The molecule has 2 N–H and O–H groups in total. The Kier molecular flexibility index (Phi) is 4.64. The molecule has 1 aromatic heterocycles. The molecular formula is C18H22N4O2. The number of nitrogens with zero attached hydrogens (tertiary/aromatic N) is 3. The summed E-state index contributed by atoms with van der Waals surface area (Å²) < 4.78 is 1.62. The summed E-state index contributed by atoms with van der Waals surface area (Å²) in [5.41, 5.74) is 7.64. The van der Waals surface area contributed by atoms with Gasteiger partial charge < -0.3 is 10.6 Å². The average Bonchev–Trinajstić information content (AvgIpc) is 3.01. The number of carbonyl (C=O) groups excluding carboxylic acids is 2. The topological polar surface area (TPSA) is 81.2 Å². The second-order valence-corrected chi connectivity index (χ2v) is 6.34. The minimum atomic E-state index is -0.400. The molecule has 2 amide bonds. The Hall–Kier alpha value is -2.63. The zero-order valence-electron chi connectivity index (χ0n) is 13.8. The van der Waals surface area contributed by atoms with Crippen molar-refractivity contribution in [2.75, 3.05) is 13.1 Å². The summed E-state index contributed by atoms with van der Waals surface area (Å²) in [5.74, 6) is 0.211. The molecule has 0 aliphatic carbocycles. The highest BCUT2D eigenvalue weighted by molar-refractivity contribution is 5.93. The lowest BCUT2D eigenvalue weighted by molar-refractivity contribution is 0.0679. The van der Waals surface area contributed by atoms with Gasteiger partial charge >= 0.3 is 0 Å². The third-order valence-electron chi connectivity index (χ3n) is 4.70. The van der Waals surface area contributed by atoms with Gasteiger partial charge in [0, 0.05) is 31.9 Å². The molecular weight excluding hydrogens is 304 g/mol. The quantitative estimate of drug-likeness (QED) is 0.927. The Labute approximate surface area is 141 Å². The van der Waals surface area contributed by atoms with Crippen LogP contribution in [0.3, 0.4) is 0 Å². The molecule has 1 fully saturated rings. The van der Waals surface area contributed by atoms with E-state index in [9.17, 15) is 9.59 Å². The molecule has 6 nitrogen and oxygen atoms in total. The summed E-state index contributed by atoms with van der Waals surface area (Å²) in [6, 6.07) is 9.24. The number of aromatic nitrogens is 2. The summed E-state index contributed by atoms with van der Waals surface area (Å²) in [4.78, 5) is 25.5. The number of benzene rings is 1. The molecule has 1 saturated heterocycles. The maximum Gasteiger partial charge on any atom is 0.272 e. The van der Waals surface area contributed by atoms with Gasteiger partial charge in [-0.15, -0.1) is 0 Å². The highest BCUT2D eigenvalue weighted by atomic mass is 16.2. The Morgan fingerprint density at radius 2 is 1.83 bits per heavy atom. The Bertz CT molecular complexity index is 728. The number of hydrogen-bond acceptors (Lipinski definition) is 3. The largest absolute Gasteiger partial charge is 0.366 e. The number of rotatable bonds is 4. The molecule has 0 unspecified atom stereocenters. The number of aryl methyl sites for hydroxylation is 1. The van der Waals surface area contributed by atoms with E-state index in [4.69, 9.17) is 5.73 Å². The van der Waals surface area contributed by atoms with Crippen LogP contribution in [0.15, 0.2) is 36.5 Å². The second-order valence-electron chi connectivity index (χ2n) is 6.34. The van der Waals surface area contributed by atoms with Crippen molar-refractivity contribution in [3.05, 3.63) is 53.3 Å². The smallest absolute Gasteiger partial charge is 0.272 e. The van der Waals surface area contributed by atoms with Crippen LogP contribution in [-0.2, 0) is 13.5 Å². The van der Waals surface area contributed by atoms with Gasteiger partial charge in [-0.1, -0.05) is 12.1 Å². The van der Waals surface area contributed by atoms with Crippen molar-refractivity contribution in [2.45, 2.75) is 19.3 Å². The van der Waals surface area contributed by atoms with Crippen LogP contribution in [0.4, 0.5) is 0 Å². The van der Waals surface area contributed by atoms with Crippen LogP contribution in [0.2, 0.25) is 0 Å². The van der Waals surface area contributed by atoms with E-state index >= 15 is 0 Å². The number of hydrogen-bond donors (Lipinski definition) is 1. The van der Waals surface area contributed by atoms with Gasteiger partial charge in [-0.25, -0.2) is 0 Å². The van der Waals surface area contributed by atoms with E-state index in [1.807, 2.05) is 17.0 Å². The van der Waals surface area contributed by atoms with E-state index in [-0.39, 0.29) is 5.91 Å². The Morgan fingerprint density at radius 3 is 2.38 bits per heavy atom. The van der Waals surface area contributed by atoms with Crippen LogP contribution in [0.25, 0.3) is 0 Å². The van der Waals surface area contributed by atoms with Crippen molar-refractivity contribution in [3.8, 4) is 0 Å². The Morgan fingerprint density at radius 1 is 1.17 bits per heavy atom. The zero-order valence-corrected chi connectivity index (χ0v) is 13.8. The standard InChI is InChI=1S/C18H22N4O2/c1-21-16(6-9-20-21)18(24)22-10-7-14(8-11-22)12-13-2-4-15(5-3-13)17(19)23/h2-6,9,14H,7-8,10-12H2,1H3,(H2,19,23). The van der Waals surface area contributed by atoms with Gasteiger partial charge in [0.25, 0.3) is 5.91 Å². The number of piperidine rings is 1. The van der Waals surface area contributed by atoms with Crippen molar-refractivity contribution in [3.63, 3.8) is 0 Å². The van der Waals surface area contributed by atoms with E-state index in [2.05, 4.69) is 5.10 Å². The van der Waals surface area contributed by atoms with E-state index < -0.39 is 5.91 Å². The molecule has 2 aromatic rings. The van der Waals surface area contributed by atoms with Crippen LogP contribution in [-0.4, -0.2) is 39.6 Å². The molecule has 1 aromatic carbocycles. The van der Waals surface area contributed by atoms with Gasteiger partial charge in [-0.2, -0.15) is 5.10 Å². The highest BCUT2D eigenvalue weighted by Crippen LogP contribution is 2.23. The first-order chi connectivity index (χ1) is 11.5. The molecule has 2 heterocycles. The van der Waals surface area contributed by atoms with Gasteiger partial charge in [-0.3, -0.25) is 14.3 Å². The molecule has 0 saturated carbocycles. The van der Waals surface area contributed by atoms with E-state index in [0.29, 0.717) is 17.2 Å². The van der Waals surface area contributed by atoms with Crippen LogP contribution in [0.5, 0.6) is 0 Å². The van der Waals surface area contributed by atoms with Gasteiger partial charge in [0.1, 0.15) is 5.69 Å². The molecule has 126 valence electrons. The van der Waals surface area contributed by atoms with Crippen molar-refractivity contribution in [1.29, 1.82) is 0 Å². The second kappa shape index (κ2) is 6.86. The fourth-order valence-electron chi connectivity index (χ4n) is 3.22. The summed E-state index contributed by atoms with van der Waals surface area (Å²) in [6.45, 7) is 1.54. The van der Waals surface area contributed by atoms with Crippen molar-refractivity contribution < 1.29 is 9.59 Å². The molecule has 0 spiro atoms. The summed E-state index contributed by atoms with van der Waals surface area (Å²) in [5, 5.41) is 4.06. The number of primary amides is 1. The SMILES string of the molecule is Cn1nccc1C(=O)N1CCC(Cc2ccc(C(N)=O)cc2)CC1. The van der Waals surface area contributed by atoms with Crippen LogP contribution < -0.4 is 5.73 Å². The van der Waals surface area contributed by atoms with E-state index in [1.165, 1.54) is 5.56 Å². The molecule has 1 aliphatic heterocycles. The molecule has 24 heavy (non-hydrogen) atoms. The lowest BCUT2D eigenvalue weighted by Crippen LogP contribution is -2.39. The summed E-state index contributed by atoms with van der Waals surface area (Å²) >= 11 is 0. The number of carbonyl (C=O) groups is 2. The third-order valence-corrected chi connectivity index (χ3v) is 4.70. The third kappa shape index (κ3) is 3.48. The summed E-state index contributed by atoms with van der Waals surface area (Å²) in [7, 11) is 1.79.